The summed E-state index contributed by atoms with van der Waals surface area (Å²) in [5.41, 5.74) is 12.9. The van der Waals surface area contributed by atoms with Gasteiger partial charge in [-0.15, -0.1) is 0 Å². The van der Waals surface area contributed by atoms with Crippen molar-refractivity contribution in [3.63, 3.8) is 0 Å². The first-order valence-corrected chi connectivity index (χ1v) is 18.3. The van der Waals surface area contributed by atoms with Crippen molar-refractivity contribution >= 4 is 43.4 Å². The number of nitrogens with zero attached hydrogens (tertiary/aromatic N) is 1. The Morgan fingerprint density at radius 3 is 1.83 bits per heavy atom. The molecule has 53 heavy (non-hydrogen) atoms. The van der Waals surface area contributed by atoms with E-state index >= 15 is 0 Å². The van der Waals surface area contributed by atoms with Crippen LogP contribution in [0.25, 0.3) is 71.3 Å². The maximum absolute atomic E-state index is 7.18. The third-order valence-electron chi connectivity index (χ3n) is 11.8. The first kappa shape index (κ1) is 28.8. The minimum absolute atomic E-state index is 0.516. The van der Waals surface area contributed by atoms with Crippen LogP contribution in [-0.2, 0) is 5.41 Å². The highest BCUT2D eigenvalue weighted by molar-refractivity contribution is 6.21. The van der Waals surface area contributed by atoms with E-state index in [1.54, 1.807) is 0 Å². The van der Waals surface area contributed by atoms with Gasteiger partial charge in [0.2, 0.25) is 0 Å². The van der Waals surface area contributed by atoms with Crippen molar-refractivity contribution in [3.05, 3.63) is 210 Å². The van der Waals surface area contributed by atoms with E-state index in [9.17, 15) is 0 Å². The molecule has 2 heterocycles. The number of hydrogen-bond donors (Lipinski definition) is 0. The third kappa shape index (κ3) is 3.77. The van der Waals surface area contributed by atoms with Gasteiger partial charge in [-0.25, -0.2) is 0 Å². The summed E-state index contributed by atoms with van der Waals surface area (Å²) in [7, 11) is 0. The first-order chi connectivity index (χ1) is 26.3. The van der Waals surface area contributed by atoms with Crippen molar-refractivity contribution in [2.45, 2.75) is 5.41 Å². The van der Waals surface area contributed by atoms with E-state index in [4.69, 9.17) is 4.74 Å². The second-order valence-corrected chi connectivity index (χ2v) is 14.4. The standard InChI is InChI=1S/C51H31NO/c1-2-13-35-31-36(22-21-32(35)11-1)33-23-26-37(27-24-33)52-46-30-29-45-50(48(46)41-28-25-34-12-3-4-14-38(34)49(41)52)53-47-20-10-9-19-44(47)51(45)42-17-7-5-15-39(42)40-16-6-8-18-43(40)51/h1-31H. The number of hydrogen-bond acceptors (Lipinski definition) is 1. The molecule has 0 saturated carbocycles. The van der Waals surface area contributed by atoms with Crippen LogP contribution in [0, 0.1) is 0 Å². The van der Waals surface area contributed by atoms with E-state index in [0.29, 0.717) is 0 Å². The van der Waals surface area contributed by atoms with Gasteiger partial charge in [-0.3, -0.25) is 0 Å². The average Bonchev–Trinajstić information content (AvgIpc) is 3.73. The zero-order chi connectivity index (χ0) is 34.7. The monoisotopic (exact) mass is 673 g/mol. The second-order valence-electron chi connectivity index (χ2n) is 14.4. The highest BCUT2D eigenvalue weighted by Gasteiger charge is 2.51. The van der Waals surface area contributed by atoms with Crippen molar-refractivity contribution in [1.29, 1.82) is 0 Å². The molecule has 0 fully saturated rings. The number of para-hydroxylation sites is 1. The van der Waals surface area contributed by atoms with Crippen molar-refractivity contribution in [2.24, 2.45) is 0 Å². The van der Waals surface area contributed by atoms with Crippen LogP contribution in [-0.4, -0.2) is 4.57 Å². The van der Waals surface area contributed by atoms with Gasteiger partial charge in [0.25, 0.3) is 0 Å². The van der Waals surface area contributed by atoms with E-state index in [-0.39, 0.29) is 0 Å². The van der Waals surface area contributed by atoms with Crippen LogP contribution in [0.3, 0.4) is 0 Å². The zero-order valence-electron chi connectivity index (χ0n) is 28.8. The summed E-state index contributed by atoms with van der Waals surface area (Å²) in [6.45, 7) is 0. The summed E-state index contributed by atoms with van der Waals surface area (Å²) in [5, 5.41) is 7.26. The lowest BCUT2D eigenvalue weighted by Crippen LogP contribution is -2.32. The summed E-state index contributed by atoms with van der Waals surface area (Å²) >= 11 is 0. The Balaban J connectivity index is 1.16. The Hall–Kier alpha value is -6.90. The highest BCUT2D eigenvalue weighted by Crippen LogP contribution is 2.63. The molecule has 2 heteroatoms. The van der Waals surface area contributed by atoms with Gasteiger partial charge in [0.05, 0.1) is 21.8 Å². The summed E-state index contributed by atoms with van der Waals surface area (Å²) in [4.78, 5) is 0. The second kappa shape index (κ2) is 10.6. The minimum Gasteiger partial charge on any atom is -0.456 e. The van der Waals surface area contributed by atoms with Gasteiger partial charge < -0.3 is 9.30 Å². The molecule has 1 aliphatic carbocycles. The Morgan fingerprint density at radius 2 is 1.04 bits per heavy atom. The molecule has 2 nitrogen and oxygen atoms in total. The lowest BCUT2D eigenvalue weighted by atomic mass is 9.66. The molecule has 1 aromatic heterocycles. The van der Waals surface area contributed by atoms with Crippen LogP contribution in [0.4, 0.5) is 0 Å². The number of ether oxygens (including phenoxy) is 1. The van der Waals surface area contributed by atoms with Gasteiger partial charge in [0.1, 0.15) is 11.5 Å². The number of rotatable bonds is 2. The molecule has 0 N–H and O–H groups in total. The van der Waals surface area contributed by atoms with Gasteiger partial charge in [-0.1, -0.05) is 158 Å². The molecular formula is C51H31NO. The Bertz CT molecular complexity index is 3100. The summed E-state index contributed by atoms with van der Waals surface area (Å²) in [6.07, 6.45) is 0. The van der Waals surface area contributed by atoms with Crippen LogP contribution in [0.2, 0.25) is 0 Å². The molecule has 0 amide bonds. The number of aromatic nitrogens is 1. The maximum Gasteiger partial charge on any atom is 0.142 e. The van der Waals surface area contributed by atoms with Gasteiger partial charge in [-0.2, -0.15) is 0 Å². The third-order valence-corrected chi connectivity index (χ3v) is 11.8. The molecular weight excluding hydrogens is 643 g/mol. The SMILES string of the molecule is c1ccc2c(c1)Oc1c(ccc3c1c1ccc4ccccc4c1n3-c1ccc(-c3ccc4ccccc4c3)cc1)C21c2ccccc2-c2ccccc21. The van der Waals surface area contributed by atoms with Crippen LogP contribution in [0.5, 0.6) is 11.5 Å². The molecule has 0 saturated heterocycles. The first-order valence-electron chi connectivity index (χ1n) is 18.3. The molecule has 9 aromatic carbocycles. The fraction of sp³-hybridized carbons (Fsp3) is 0.0196. The Morgan fingerprint density at radius 1 is 0.415 bits per heavy atom. The van der Waals surface area contributed by atoms with Crippen LogP contribution in [0.1, 0.15) is 22.3 Å². The summed E-state index contributed by atoms with van der Waals surface area (Å²) in [5.74, 6) is 1.83. The molecule has 0 radical (unpaired) electrons. The van der Waals surface area contributed by atoms with Crippen molar-refractivity contribution in [3.8, 4) is 39.4 Å². The van der Waals surface area contributed by atoms with Crippen LogP contribution >= 0.6 is 0 Å². The van der Waals surface area contributed by atoms with Gasteiger partial charge in [0.15, 0.2) is 0 Å². The predicted molar refractivity (Wildman–Crippen MR) is 219 cm³/mol. The van der Waals surface area contributed by atoms with E-state index in [2.05, 4.69) is 193 Å². The highest BCUT2D eigenvalue weighted by atomic mass is 16.5. The predicted octanol–water partition coefficient (Wildman–Crippen LogP) is 13.2. The van der Waals surface area contributed by atoms with Gasteiger partial charge in [-0.05, 0) is 79.9 Å². The van der Waals surface area contributed by atoms with E-state index in [1.165, 1.54) is 77.0 Å². The van der Waals surface area contributed by atoms with E-state index < -0.39 is 5.41 Å². The zero-order valence-corrected chi connectivity index (χ0v) is 28.8. The van der Waals surface area contributed by atoms with Gasteiger partial charge >= 0.3 is 0 Å². The lowest BCUT2D eigenvalue weighted by molar-refractivity contribution is 0.442. The van der Waals surface area contributed by atoms with Crippen molar-refractivity contribution in [1.82, 2.24) is 4.57 Å². The van der Waals surface area contributed by atoms with Crippen molar-refractivity contribution < 1.29 is 4.74 Å². The smallest absolute Gasteiger partial charge is 0.142 e. The fourth-order valence-corrected chi connectivity index (χ4v) is 9.61. The minimum atomic E-state index is -0.516. The molecule has 0 atom stereocenters. The molecule has 2 aliphatic rings. The normalized spacial score (nSPS) is 13.6. The quantitative estimate of drug-likeness (QED) is 0.178. The summed E-state index contributed by atoms with van der Waals surface area (Å²) < 4.78 is 9.62. The van der Waals surface area contributed by atoms with E-state index in [1.807, 2.05) is 0 Å². The molecule has 0 unspecified atom stereocenters. The molecule has 1 aliphatic heterocycles. The largest absolute Gasteiger partial charge is 0.456 e. The Kier molecular flexibility index (Phi) is 5.73. The van der Waals surface area contributed by atoms with Gasteiger partial charge in [0, 0.05) is 27.6 Å². The molecule has 10 aromatic rings. The Labute approximate surface area is 306 Å². The lowest BCUT2D eigenvalue weighted by Gasteiger charge is -2.39. The van der Waals surface area contributed by atoms with Crippen LogP contribution < -0.4 is 4.74 Å². The van der Waals surface area contributed by atoms with Crippen molar-refractivity contribution in [2.75, 3.05) is 0 Å². The maximum atomic E-state index is 7.18. The molecule has 0 bridgehead atoms. The van der Waals surface area contributed by atoms with E-state index in [0.717, 1.165) is 28.1 Å². The average molecular weight is 674 g/mol. The topological polar surface area (TPSA) is 14.2 Å². The number of benzene rings is 9. The fourth-order valence-electron chi connectivity index (χ4n) is 9.61. The molecule has 12 rings (SSSR count). The number of fused-ring (bicyclic) bond motifs is 16. The van der Waals surface area contributed by atoms with Crippen LogP contribution in [0.15, 0.2) is 188 Å². The summed E-state index contributed by atoms with van der Waals surface area (Å²) in [6, 6.07) is 68.8. The molecule has 246 valence electrons. The molecule has 1 spiro atoms.